The molecule has 4 aliphatic carbocycles. The lowest BCUT2D eigenvalue weighted by molar-refractivity contribution is -0.0770. The molecule has 4 bridgehead atoms. The Kier molecular flexibility index (Phi) is 2.45. The molecule has 0 aromatic carbocycles. The van der Waals surface area contributed by atoms with Gasteiger partial charge in [0.15, 0.2) is 0 Å². The molecule has 0 spiro atoms. The second kappa shape index (κ2) is 3.88. The highest BCUT2D eigenvalue weighted by atomic mass is 16.3. The first kappa shape index (κ1) is 12.0. The summed E-state index contributed by atoms with van der Waals surface area (Å²) in [7, 11) is 2.11. The van der Waals surface area contributed by atoms with Crippen molar-refractivity contribution in [2.24, 2.45) is 17.3 Å². The van der Waals surface area contributed by atoms with Crippen molar-refractivity contribution < 1.29 is 4.42 Å². The van der Waals surface area contributed by atoms with Crippen molar-refractivity contribution in [2.45, 2.75) is 50.9 Å². The van der Waals surface area contributed by atoms with Gasteiger partial charge in [0.2, 0.25) is 0 Å². The Morgan fingerprint density at radius 1 is 1.21 bits per heavy atom. The minimum atomic E-state index is 0.370. The van der Waals surface area contributed by atoms with E-state index in [2.05, 4.69) is 31.4 Å². The van der Waals surface area contributed by atoms with Crippen molar-refractivity contribution in [1.29, 1.82) is 0 Å². The summed E-state index contributed by atoms with van der Waals surface area (Å²) in [6.07, 6.45) is 8.48. The SMILES string of the molecule is CNCC12CC3CC(C1)CC(c1ccc(C)o1)(C3)C2. The molecule has 2 atom stereocenters. The van der Waals surface area contributed by atoms with Crippen LogP contribution in [0.1, 0.15) is 50.0 Å². The molecule has 0 amide bonds. The fourth-order valence-electron chi connectivity index (χ4n) is 6.04. The molecule has 4 aliphatic rings. The summed E-state index contributed by atoms with van der Waals surface area (Å²) in [6, 6.07) is 4.41. The summed E-state index contributed by atoms with van der Waals surface area (Å²) in [5, 5.41) is 3.47. The predicted molar refractivity (Wildman–Crippen MR) is 76.2 cm³/mol. The Labute approximate surface area is 116 Å². The van der Waals surface area contributed by atoms with Gasteiger partial charge in [0.05, 0.1) is 0 Å². The van der Waals surface area contributed by atoms with Crippen LogP contribution in [0.15, 0.2) is 16.5 Å². The first-order chi connectivity index (χ1) is 9.13. The Morgan fingerprint density at radius 2 is 1.95 bits per heavy atom. The van der Waals surface area contributed by atoms with E-state index >= 15 is 0 Å². The molecule has 4 saturated carbocycles. The molecule has 5 rings (SSSR count). The topological polar surface area (TPSA) is 25.2 Å². The van der Waals surface area contributed by atoms with E-state index in [1.54, 1.807) is 0 Å². The second-order valence-corrected chi connectivity index (χ2v) is 7.68. The lowest BCUT2D eigenvalue weighted by Gasteiger charge is -2.61. The van der Waals surface area contributed by atoms with E-state index in [-0.39, 0.29) is 0 Å². The zero-order valence-corrected chi connectivity index (χ0v) is 12.2. The van der Waals surface area contributed by atoms with Crippen LogP contribution < -0.4 is 5.32 Å². The maximum absolute atomic E-state index is 6.07. The number of hydrogen-bond donors (Lipinski definition) is 1. The number of nitrogens with one attached hydrogen (secondary N) is 1. The largest absolute Gasteiger partial charge is 0.466 e. The van der Waals surface area contributed by atoms with Gasteiger partial charge in [-0.05, 0) is 81.9 Å². The van der Waals surface area contributed by atoms with Gasteiger partial charge < -0.3 is 9.73 Å². The number of hydrogen-bond acceptors (Lipinski definition) is 2. The number of aryl methyl sites for hydroxylation is 1. The van der Waals surface area contributed by atoms with Crippen molar-refractivity contribution in [3.63, 3.8) is 0 Å². The van der Waals surface area contributed by atoms with Gasteiger partial charge in [0, 0.05) is 12.0 Å². The molecule has 1 heterocycles. The summed E-state index contributed by atoms with van der Waals surface area (Å²) in [5.41, 5.74) is 0.925. The van der Waals surface area contributed by atoms with Gasteiger partial charge in [0.25, 0.3) is 0 Å². The molecule has 1 aromatic rings. The second-order valence-electron chi connectivity index (χ2n) is 7.68. The Hall–Kier alpha value is -0.760. The minimum Gasteiger partial charge on any atom is -0.466 e. The Balaban J connectivity index is 1.73. The highest BCUT2D eigenvalue weighted by Crippen LogP contribution is 2.65. The normalized spacial score (nSPS) is 43.9. The van der Waals surface area contributed by atoms with E-state index in [9.17, 15) is 0 Å². The van der Waals surface area contributed by atoms with Crippen LogP contribution in [0.3, 0.4) is 0 Å². The monoisotopic (exact) mass is 259 g/mol. The summed E-state index contributed by atoms with van der Waals surface area (Å²) in [5.74, 6) is 4.26. The third-order valence-corrected chi connectivity index (χ3v) is 6.00. The van der Waals surface area contributed by atoms with Crippen LogP contribution in [0, 0.1) is 24.2 Å². The van der Waals surface area contributed by atoms with Gasteiger partial charge in [-0.25, -0.2) is 0 Å². The van der Waals surface area contributed by atoms with Gasteiger partial charge >= 0.3 is 0 Å². The van der Waals surface area contributed by atoms with E-state index in [4.69, 9.17) is 4.42 Å². The average molecular weight is 259 g/mol. The molecule has 2 unspecified atom stereocenters. The van der Waals surface area contributed by atoms with Crippen molar-refractivity contribution >= 4 is 0 Å². The fraction of sp³-hybridized carbons (Fsp3) is 0.765. The smallest absolute Gasteiger partial charge is 0.110 e. The zero-order chi connectivity index (χ0) is 13.1. The molecule has 104 valence electrons. The van der Waals surface area contributed by atoms with E-state index in [0.717, 1.165) is 17.6 Å². The first-order valence-corrected chi connectivity index (χ1v) is 7.85. The van der Waals surface area contributed by atoms with E-state index < -0.39 is 0 Å². The molecule has 4 fully saturated rings. The Bertz CT molecular complexity index is 475. The summed E-state index contributed by atoms with van der Waals surface area (Å²) < 4.78 is 6.07. The van der Waals surface area contributed by atoms with Crippen LogP contribution in [0.2, 0.25) is 0 Å². The molecule has 0 aliphatic heterocycles. The molecule has 0 radical (unpaired) electrons. The zero-order valence-electron chi connectivity index (χ0n) is 12.2. The molecular weight excluding hydrogens is 234 g/mol. The molecule has 19 heavy (non-hydrogen) atoms. The van der Waals surface area contributed by atoms with Crippen LogP contribution in [0.25, 0.3) is 0 Å². The van der Waals surface area contributed by atoms with Crippen LogP contribution in [-0.4, -0.2) is 13.6 Å². The van der Waals surface area contributed by atoms with Gasteiger partial charge in [0.1, 0.15) is 11.5 Å². The maximum Gasteiger partial charge on any atom is 0.110 e. The van der Waals surface area contributed by atoms with E-state index in [1.165, 1.54) is 50.8 Å². The first-order valence-electron chi connectivity index (χ1n) is 7.85. The van der Waals surface area contributed by atoms with Gasteiger partial charge in [-0.3, -0.25) is 0 Å². The van der Waals surface area contributed by atoms with E-state index in [1.807, 2.05) is 0 Å². The maximum atomic E-state index is 6.07. The van der Waals surface area contributed by atoms with E-state index in [0.29, 0.717) is 10.8 Å². The third-order valence-electron chi connectivity index (χ3n) is 6.00. The highest BCUT2D eigenvalue weighted by molar-refractivity contribution is 5.24. The molecule has 2 nitrogen and oxygen atoms in total. The predicted octanol–water partition coefficient (Wildman–Crippen LogP) is 3.65. The summed E-state index contributed by atoms with van der Waals surface area (Å²) in [6.45, 7) is 3.27. The average Bonchev–Trinajstić information content (AvgIpc) is 2.74. The quantitative estimate of drug-likeness (QED) is 0.896. The fourth-order valence-corrected chi connectivity index (χ4v) is 6.04. The van der Waals surface area contributed by atoms with Gasteiger partial charge in [-0.15, -0.1) is 0 Å². The molecule has 0 saturated heterocycles. The summed E-state index contributed by atoms with van der Waals surface area (Å²) >= 11 is 0. The molecule has 1 N–H and O–H groups in total. The third kappa shape index (κ3) is 1.72. The molecular formula is C17H25NO. The highest BCUT2D eigenvalue weighted by Gasteiger charge is 2.58. The standard InChI is InChI=1S/C17H25NO/c1-12-3-4-15(19-12)17-8-13-5-14(9-17)7-16(6-13,10-17)11-18-2/h3-4,13-14,18H,5-11H2,1-2H3. The lowest BCUT2D eigenvalue weighted by atomic mass is 9.43. The Morgan fingerprint density at radius 3 is 2.53 bits per heavy atom. The van der Waals surface area contributed by atoms with Crippen LogP contribution in [-0.2, 0) is 5.41 Å². The van der Waals surface area contributed by atoms with Crippen LogP contribution in [0.5, 0.6) is 0 Å². The number of furan rings is 1. The van der Waals surface area contributed by atoms with Crippen molar-refractivity contribution in [2.75, 3.05) is 13.6 Å². The molecule has 2 heteroatoms. The number of rotatable bonds is 3. The van der Waals surface area contributed by atoms with Gasteiger partial charge in [-0.1, -0.05) is 0 Å². The lowest BCUT2D eigenvalue weighted by Crippen LogP contribution is -2.56. The van der Waals surface area contributed by atoms with Crippen LogP contribution in [0.4, 0.5) is 0 Å². The minimum absolute atomic E-state index is 0.370. The van der Waals surface area contributed by atoms with Gasteiger partial charge in [-0.2, -0.15) is 0 Å². The van der Waals surface area contributed by atoms with Crippen molar-refractivity contribution in [3.05, 3.63) is 23.7 Å². The summed E-state index contributed by atoms with van der Waals surface area (Å²) in [4.78, 5) is 0. The molecule has 1 aromatic heterocycles. The van der Waals surface area contributed by atoms with Crippen molar-refractivity contribution in [3.8, 4) is 0 Å². The van der Waals surface area contributed by atoms with Crippen LogP contribution >= 0.6 is 0 Å². The van der Waals surface area contributed by atoms with Crippen molar-refractivity contribution in [1.82, 2.24) is 5.32 Å².